The molecule has 0 atom stereocenters. The number of Topliss-reactive ketones (excluding diaryl/α,β-unsaturated/α-hetero) is 1. The molecule has 1 aromatic carbocycles. The zero-order valence-electron chi connectivity index (χ0n) is 14.7. The molecular weight excluding hydrogens is 414 g/mol. The quantitative estimate of drug-likeness (QED) is 0.271. The Balaban J connectivity index is 1.57. The number of nitrogens with zero attached hydrogens (tertiary/aromatic N) is 3. The molecule has 0 amide bonds. The Morgan fingerprint density at radius 2 is 2.00 bits per heavy atom. The molecule has 2 aromatic heterocycles. The maximum Gasteiger partial charge on any atom is 0.191 e. The maximum atomic E-state index is 12.2. The van der Waals surface area contributed by atoms with Gasteiger partial charge in [-0.05, 0) is 38.5 Å². The van der Waals surface area contributed by atoms with Gasteiger partial charge in [-0.25, -0.2) is 0 Å². The molecule has 0 fully saturated rings. The van der Waals surface area contributed by atoms with Gasteiger partial charge < -0.3 is 8.98 Å². The average Bonchev–Trinajstić information content (AvgIpc) is 3.24. The third-order valence-corrected chi connectivity index (χ3v) is 5.66. The van der Waals surface area contributed by atoms with Crippen molar-refractivity contribution in [3.63, 3.8) is 0 Å². The number of carbonyl (C=O) groups excluding carboxylic acids is 1. The van der Waals surface area contributed by atoms with Crippen LogP contribution in [0.5, 0.6) is 0 Å². The first-order valence-electron chi connectivity index (χ1n) is 8.49. The highest BCUT2D eigenvalue weighted by atomic mass is 79.9. The van der Waals surface area contributed by atoms with Crippen LogP contribution in [0.2, 0.25) is 0 Å². The van der Waals surface area contributed by atoms with Gasteiger partial charge in [-0.3, -0.25) is 4.79 Å². The summed E-state index contributed by atoms with van der Waals surface area (Å²) in [6.45, 7) is 4.78. The van der Waals surface area contributed by atoms with Gasteiger partial charge in [0.1, 0.15) is 5.76 Å². The Labute approximate surface area is 165 Å². The fraction of sp³-hybridized carbons (Fsp3) is 0.316. The van der Waals surface area contributed by atoms with Crippen molar-refractivity contribution in [2.24, 2.45) is 0 Å². The van der Waals surface area contributed by atoms with Crippen LogP contribution in [0.25, 0.3) is 11.4 Å². The molecule has 0 saturated carbocycles. The molecule has 7 heteroatoms. The van der Waals surface area contributed by atoms with Crippen molar-refractivity contribution >= 4 is 33.5 Å². The van der Waals surface area contributed by atoms with Crippen molar-refractivity contribution in [3.8, 4) is 11.4 Å². The van der Waals surface area contributed by atoms with Crippen LogP contribution in [-0.2, 0) is 6.54 Å². The summed E-state index contributed by atoms with van der Waals surface area (Å²) in [5, 5.41) is 9.51. The molecule has 5 nitrogen and oxygen atoms in total. The van der Waals surface area contributed by atoms with Crippen LogP contribution >= 0.6 is 27.7 Å². The first-order valence-corrected chi connectivity index (χ1v) is 10.3. The first kappa shape index (κ1) is 18.9. The van der Waals surface area contributed by atoms with Crippen molar-refractivity contribution in [3.05, 3.63) is 52.4 Å². The summed E-state index contributed by atoms with van der Waals surface area (Å²) < 4.78 is 8.43. The summed E-state index contributed by atoms with van der Waals surface area (Å²) in [6, 6.07) is 9.41. The minimum absolute atomic E-state index is 0.171. The SMILES string of the molecule is CCn1c(SCCCC(=O)c2ccc(Br)cc2)nnc1-c1ccoc1C. The second kappa shape index (κ2) is 8.68. The van der Waals surface area contributed by atoms with Gasteiger partial charge in [0, 0.05) is 28.8 Å². The predicted molar refractivity (Wildman–Crippen MR) is 107 cm³/mol. The Kier molecular flexibility index (Phi) is 6.32. The van der Waals surface area contributed by atoms with Gasteiger partial charge in [0.25, 0.3) is 0 Å². The molecule has 0 spiro atoms. The van der Waals surface area contributed by atoms with Crippen molar-refractivity contribution in [1.82, 2.24) is 14.8 Å². The third kappa shape index (κ3) is 4.27. The second-order valence-electron chi connectivity index (χ2n) is 5.82. The second-order valence-corrected chi connectivity index (χ2v) is 7.80. The average molecular weight is 434 g/mol. The number of hydrogen-bond acceptors (Lipinski definition) is 5. The molecule has 3 rings (SSSR count). The molecule has 0 unspecified atom stereocenters. The van der Waals surface area contributed by atoms with E-state index in [9.17, 15) is 4.79 Å². The molecule has 26 heavy (non-hydrogen) atoms. The summed E-state index contributed by atoms with van der Waals surface area (Å²) in [7, 11) is 0. The van der Waals surface area contributed by atoms with Crippen LogP contribution in [0.15, 0.2) is 50.6 Å². The highest BCUT2D eigenvalue weighted by Gasteiger charge is 2.16. The van der Waals surface area contributed by atoms with E-state index in [2.05, 4.69) is 37.6 Å². The van der Waals surface area contributed by atoms with E-state index in [1.54, 1.807) is 18.0 Å². The van der Waals surface area contributed by atoms with Gasteiger partial charge in [-0.1, -0.05) is 39.8 Å². The predicted octanol–water partition coefficient (Wildman–Crippen LogP) is 5.38. The topological polar surface area (TPSA) is 60.9 Å². The van der Waals surface area contributed by atoms with Gasteiger partial charge in [0.05, 0.1) is 11.8 Å². The Hall–Kier alpha value is -1.86. The normalized spacial score (nSPS) is 11.0. The Morgan fingerprint density at radius 1 is 1.23 bits per heavy atom. The highest BCUT2D eigenvalue weighted by molar-refractivity contribution is 9.10. The molecule has 0 saturated heterocycles. The lowest BCUT2D eigenvalue weighted by Gasteiger charge is -2.06. The smallest absolute Gasteiger partial charge is 0.191 e. The molecular formula is C19H20BrN3O2S. The van der Waals surface area contributed by atoms with Crippen LogP contribution in [0.3, 0.4) is 0 Å². The molecule has 0 aliphatic rings. The van der Waals surface area contributed by atoms with Crippen LogP contribution in [0.1, 0.15) is 35.9 Å². The lowest BCUT2D eigenvalue weighted by Crippen LogP contribution is -2.02. The molecule has 0 radical (unpaired) electrons. The zero-order chi connectivity index (χ0) is 18.5. The minimum atomic E-state index is 0.171. The number of ketones is 1. The van der Waals surface area contributed by atoms with Gasteiger partial charge in [0.15, 0.2) is 16.8 Å². The summed E-state index contributed by atoms with van der Waals surface area (Å²) in [5.41, 5.74) is 1.73. The number of furan rings is 1. The van der Waals surface area contributed by atoms with E-state index < -0.39 is 0 Å². The molecule has 0 N–H and O–H groups in total. The zero-order valence-corrected chi connectivity index (χ0v) is 17.1. The van der Waals surface area contributed by atoms with E-state index in [1.165, 1.54) is 0 Å². The third-order valence-electron chi connectivity index (χ3n) is 4.08. The number of carbonyl (C=O) groups is 1. The van der Waals surface area contributed by atoms with Crippen LogP contribution in [0.4, 0.5) is 0 Å². The lowest BCUT2D eigenvalue weighted by molar-refractivity contribution is 0.0982. The molecule has 136 valence electrons. The Morgan fingerprint density at radius 3 is 2.65 bits per heavy atom. The van der Waals surface area contributed by atoms with E-state index in [0.29, 0.717) is 6.42 Å². The van der Waals surface area contributed by atoms with Crippen LogP contribution < -0.4 is 0 Å². The largest absolute Gasteiger partial charge is 0.469 e. The summed E-state index contributed by atoms with van der Waals surface area (Å²) >= 11 is 5.02. The fourth-order valence-electron chi connectivity index (χ4n) is 2.67. The Bertz CT molecular complexity index is 887. The van der Waals surface area contributed by atoms with E-state index >= 15 is 0 Å². The number of aromatic nitrogens is 3. The van der Waals surface area contributed by atoms with Gasteiger partial charge in [-0.2, -0.15) is 0 Å². The van der Waals surface area contributed by atoms with E-state index in [4.69, 9.17) is 4.42 Å². The number of benzene rings is 1. The standard InChI is InChI=1S/C19H20BrN3O2S/c1-3-23-18(16-10-11-25-13(16)2)21-22-19(23)26-12-4-5-17(24)14-6-8-15(20)9-7-14/h6-11H,3-5,12H2,1-2H3. The maximum absolute atomic E-state index is 12.2. The minimum Gasteiger partial charge on any atom is -0.469 e. The molecule has 0 aliphatic heterocycles. The van der Waals surface area contributed by atoms with Crippen molar-refractivity contribution in [2.75, 3.05) is 5.75 Å². The van der Waals surface area contributed by atoms with Crippen molar-refractivity contribution in [1.29, 1.82) is 0 Å². The van der Waals surface area contributed by atoms with E-state index in [0.717, 1.165) is 51.1 Å². The number of hydrogen-bond donors (Lipinski definition) is 0. The molecule has 2 heterocycles. The monoisotopic (exact) mass is 433 g/mol. The highest BCUT2D eigenvalue weighted by Crippen LogP contribution is 2.27. The van der Waals surface area contributed by atoms with Gasteiger partial charge in [-0.15, -0.1) is 10.2 Å². The number of aryl methyl sites for hydroxylation is 1. The number of thioether (sulfide) groups is 1. The van der Waals surface area contributed by atoms with Gasteiger partial charge >= 0.3 is 0 Å². The molecule has 3 aromatic rings. The lowest BCUT2D eigenvalue weighted by atomic mass is 10.1. The van der Waals surface area contributed by atoms with Crippen LogP contribution in [-0.4, -0.2) is 26.3 Å². The summed E-state index contributed by atoms with van der Waals surface area (Å²) in [5.74, 6) is 2.66. The van der Waals surface area contributed by atoms with Crippen LogP contribution in [0, 0.1) is 6.92 Å². The van der Waals surface area contributed by atoms with Crippen molar-refractivity contribution in [2.45, 2.75) is 38.4 Å². The fourth-order valence-corrected chi connectivity index (χ4v) is 3.88. The van der Waals surface area contributed by atoms with Gasteiger partial charge in [0.2, 0.25) is 0 Å². The summed E-state index contributed by atoms with van der Waals surface area (Å²) in [4.78, 5) is 12.2. The number of halogens is 1. The molecule has 0 aliphatic carbocycles. The van der Waals surface area contributed by atoms with Crippen molar-refractivity contribution < 1.29 is 9.21 Å². The van der Waals surface area contributed by atoms with E-state index in [-0.39, 0.29) is 5.78 Å². The molecule has 0 bridgehead atoms. The summed E-state index contributed by atoms with van der Waals surface area (Å²) in [6.07, 6.45) is 3.00. The number of rotatable bonds is 8. The first-order chi connectivity index (χ1) is 12.6. The van der Waals surface area contributed by atoms with E-state index in [1.807, 2.05) is 37.3 Å².